The van der Waals surface area contributed by atoms with Crippen molar-refractivity contribution in [3.05, 3.63) is 0 Å². The maximum Gasteiger partial charge on any atom is 0.000877 e. The number of rotatable bonds is 0. The second kappa shape index (κ2) is 9.17. The number of nitrogens with one attached hydrogen (secondary N) is 2. The lowest BCUT2D eigenvalue weighted by atomic mass is 9.80. The Morgan fingerprint density at radius 1 is 0.733 bits per heavy atom. The average Bonchev–Trinajstić information content (AvgIpc) is 2.64. The minimum absolute atomic E-state index is 0.684. The molecule has 2 fully saturated rings. The molecule has 0 aromatic heterocycles. The van der Waals surface area contributed by atoms with Gasteiger partial charge in [0.25, 0.3) is 0 Å². The zero-order valence-electron chi connectivity index (χ0n) is 11.2. The van der Waals surface area contributed by atoms with E-state index in [2.05, 4.69) is 10.6 Å². The summed E-state index contributed by atoms with van der Waals surface area (Å²) in [5, 5.41) is 6.95. The van der Waals surface area contributed by atoms with Crippen molar-refractivity contribution in [2.24, 2.45) is 5.41 Å². The van der Waals surface area contributed by atoms with E-state index in [0.29, 0.717) is 5.41 Å². The van der Waals surface area contributed by atoms with Gasteiger partial charge in [-0.3, -0.25) is 0 Å². The summed E-state index contributed by atoms with van der Waals surface area (Å²) in [6.07, 6.45) is 5.61. The van der Waals surface area contributed by atoms with Gasteiger partial charge in [-0.1, -0.05) is 27.7 Å². The summed E-state index contributed by atoms with van der Waals surface area (Å²) in [5.41, 5.74) is 0.684. The molecule has 1 spiro atoms. The maximum atomic E-state index is 3.48. The van der Waals surface area contributed by atoms with Crippen LogP contribution in [0.1, 0.15) is 53.4 Å². The van der Waals surface area contributed by atoms with Gasteiger partial charge >= 0.3 is 0 Å². The predicted octanol–water partition coefficient (Wildman–Crippen LogP) is 2.79. The Kier molecular flexibility index (Phi) is 9.12. The van der Waals surface area contributed by atoms with Gasteiger partial charge in [-0.25, -0.2) is 0 Å². The monoisotopic (exact) mass is 214 g/mol. The maximum absolute atomic E-state index is 3.48. The van der Waals surface area contributed by atoms with E-state index in [1.54, 1.807) is 0 Å². The first-order valence-corrected chi connectivity index (χ1v) is 6.83. The van der Waals surface area contributed by atoms with Crippen LogP contribution in [0, 0.1) is 5.41 Å². The molecular formula is C13H30N2. The third-order valence-electron chi connectivity index (χ3n) is 3.22. The highest BCUT2D eigenvalue weighted by Gasteiger charge is 2.33. The van der Waals surface area contributed by atoms with E-state index in [1.165, 1.54) is 51.9 Å². The van der Waals surface area contributed by atoms with Crippen LogP contribution in [0.25, 0.3) is 0 Å². The molecular weight excluding hydrogens is 184 g/mol. The van der Waals surface area contributed by atoms with E-state index in [0.717, 1.165) is 0 Å². The molecule has 2 rings (SSSR count). The molecule has 0 saturated carbocycles. The van der Waals surface area contributed by atoms with Gasteiger partial charge in [0.2, 0.25) is 0 Å². The van der Waals surface area contributed by atoms with E-state index in [9.17, 15) is 0 Å². The molecule has 0 amide bonds. The number of hydrogen-bond donors (Lipinski definition) is 2. The van der Waals surface area contributed by atoms with Crippen molar-refractivity contribution in [1.29, 1.82) is 0 Å². The summed E-state index contributed by atoms with van der Waals surface area (Å²) >= 11 is 0. The Bertz CT molecular complexity index is 118. The van der Waals surface area contributed by atoms with Crippen molar-refractivity contribution in [1.82, 2.24) is 10.6 Å². The van der Waals surface area contributed by atoms with Gasteiger partial charge in [-0.15, -0.1) is 0 Å². The van der Waals surface area contributed by atoms with E-state index < -0.39 is 0 Å². The first kappa shape index (κ1) is 14.9. The highest BCUT2D eigenvalue weighted by Crippen LogP contribution is 2.35. The van der Waals surface area contributed by atoms with E-state index in [4.69, 9.17) is 0 Å². The van der Waals surface area contributed by atoms with Crippen LogP contribution in [0.5, 0.6) is 0 Å². The van der Waals surface area contributed by atoms with Crippen LogP contribution in [0.2, 0.25) is 0 Å². The van der Waals surface area contributed by atoms with Gasteiger partial charge in [0.1, 0.15) is 0 Å². The van der Waals surface area contributed by atoms with Gasteiger partial charge in [0.05, 0.1) is 0 Å². The fourth-order valence-electron chi connectivity index (χ4n) is 2.41. The van der Waals surface area contributed by atoms with Crippen molar-refractivity contribution in [3.63, 3.8) is 0 Å². The molecule has 0 aromatic carbocycles. The molecule has 2 N–H and O–H groups in total. The third kappa shape index (κ3) is 4.98. The fourth-order valence-corrected chi connectivity index (χ4v) is 2.41. The van der Waals surface area contributed by atoms with E-state index in [1.807, 2.05) is 27.7 Å². The Labute approximate surface area is 96.2 Å². The van der Waals surface area contributed by atoms with Crippen LogP contribution in [0.15, 0.2) is 0 Å². The zero-order chi connectivity index (χ0) is 11.6. The fraction of sp³-hybridized carbons (Fsp3) is 1.00. The van der Waals surface area contributed by atoms with Gasteiger partial charge in [0.15, 0.2) is 0 Å². The van der Waals surface area contributed by atoms with E-state index in [-0.39, 0.29) is 0 Å². The quantitative estimate of drug-likeness (QED) is 0.648. The van der Waals surface area contributed by atoms with Crippen LogP contribution in [-0.4, -0.2) is 26.2 Å². The molecule has 0 radical (unpaired) electrons. The summed E-state index contributed by atoms with van der Waals surface area (Å²) in [4.78, 5) is 0. The third-order valence-corrected chi connectivity index (χ3v) is 3.22. The van der Waals surface area contributed by atoms with Crippen LogP contribution in [-0.2, 0) is 0 Å². The molecule has 2 heteroatoms. The van der Waals surface area contributed by atoms with Crippen molar-refractivity contribution < 1.29 is 0 Å². The standard InChI is InChI=1S/C9H18N2.2C2H6/c1-2-9(3-6-10-5-1)4-7-11-8-9;2*1-2/h10-11H,1-8H2;2*1-2H3. The highest BCUT2D eigenvalue weighted by molar-refractivity contribution is 4.89. The van der Waals surface area contributed by atoms with Crippen molar-refractivity contribution >= 4 is 0 Å². The lowest BCUT2D eigenvalue weighted by Gasteiger charge is -2.25. The summed E-state index contributed by atoms with van der Waals surface area (Å²) in [6.45, 7) is 13.0. The normalized spacial score (nSPS) is 29.6. The molecule has 2 aliphatic heterocycles. The van der Waals surface area contributed by atoms with Gasteiger partial charge in [-0.05, 0) is 50.7 Å². The average molecular weight is 214 g/mol. The Balaban J connectivity index is 0.000000442. The van der Waals surface area contributed by atoms with Crippen LogP contribution in [0.4, 0.5) is 0 Å². The minimum Gasteiger partial charge on any atom is -0.317 e. The van der Waals surface area contributed by atoms with Crippen molar-refractivity contribution in [2.75, 3.05) is 26.2 Å². The van der Waals surface area contributed by atoms with Gasteiger partial charge < -0.3 is 10.6 Å². The summed E-state index contributed by atoms with van der Waals surface area (Å²) < 4.78 is 0. The minimum atomic E-state index is 0.684. The van der Waals surface area contributed by atoms with Gasteiger partial charge in [-0.2, -0.15) is 0 Å². The topological polar surface area (TPSA) is 24.1 Å². The second-order valence-corrected chi connectivity index (χ2v) is 4.03. The first-order valence-electron chi connectivity index (χ1n) is 6.83. The number of hydrogen-bond acceptors (Lipinski definition) is 2. The molecule has 0 aromatic rings. The van der Waals surface area contributed by atoms with Crippen LogP contribution in [0.3, 0.4) is 0 Å². The van der Waals surface area contributed by atoms with Crippen molar-refractivity contribution in [2.45, 2.75) is 53.4 Å². The predicted molar refractivity (Wildman–Crippen MR) is 69.3 cm³/mol. The molecule has 0 bridgehead atoms. The van der Waals surface area contributed by atoms with E-state index >= 15 is 0 Å². The molecule has 92 valence electrons. The second-order valence-electron chi connectivity index (χ2n) is 4.03. The lowest BCUT2D eigenvalue weighted by Crippen LogP contribution is -2.25. The van der Waals surface area contributed by atoms with Crippen LogP contribution < -0.4 is 10.6 Å². The van der Waals surface area contributed by atoms with Crippen LogP contribution >= 0.6 is 0 Å². The Morgan fingerprint density at radius 2 is 1.33 bits per heavy atom. The Hall–Kier alpha value is -0.0800. The summed E-state index contributed by atoms with van der Waals surface area (Å²) in [7, 11) is 0. The molecule has 1 unspecified atom stereocenters. The van der Waals surface area contributed by atoms with Crippen molar-refractivity contribution in [3.8, 4) is 0 Å². The summed E-state index contributed by atoms with van der Waals surface area (Å²) in [5.74, 6) is 0. The molecule has 0 aliphatic carbocycles. The molecule has 1 atom stereocenters. The zero-order valence-corrected chi connectivity index (χ0v) is 11.2. The SMILES string of the molecule is C1CNCCC2(C1)CCNC2.CC.CC. The molecule has 2 heterocycles. The molecule has 2 aliphatic rings. The smallest absolute Gasteiger partial charge is 0.000877 e. The lowest BCUT2D eigenvalue weighted by molar-refractivity contribution is 0.285. The molecule has 2 saturated heterocycles. The highest BCUT2D eigenvalue weighted by atomic mass is 14.9. The van der Waals surface area contributed by atoms with Gasteiger partial charge in [0, 0.05) is 6.54 Å². The molecule has 2 nitrogen and oxygen atoms in total. The molecule has 15 heavy (non-hydrogen) atoms. The summed E-state index contributed by atoms with van der Waals surface area (Å²) in [6, 6.07) is 0. The first-order chi connectivity index (χ1) is 7.41. The Morgan fingerprint density at radius 3 is 1.93 bits per heavy atom. The largest absolute Gasteiger partial charge is 0.317 e.